The number of nitrogens with one attached hydrogen (secondary N) is 2. The van der Waals surface area contributed by atoms with Gasteiger partial charge in [0.05, 0.1) is 18.8 Å². The van der Waals surface area contributed by atoms with Gasteiger partial charge in [0.25, 0.3) is 5.91 Å². The summed E-state index contributed by atoms with van der Waals surface area (Å²) in [7, 11) is 1.65. The summed E-state index contributed by atoms with van der Waals surface area (Å²) in [6.07, 6.45) is 6.21. The summed E-state index contributed by atoms with van der Waals surface area (Å²) >= 11 is -2.73. The van der Waals surface area contributed by atoms with Crippen molar-refractivity contribution >= 4 is 40.0 Å². The van der Waals surface area contributed by atoms with Gasteiger partial charge >= 0.3 is 6.03 Å². The third-order valence-electron chi connectivity index (χ3n) is 9.89. The zero-order chi connectivity index (χ0) is 32.7. The molecule has 0 radical (unpaired) electrons. The molecule has 4 amide bonds. The minimum atomic E-state index is -2.73. The zero-order valence-corrected chi connectivity index (χ0v) is 27.7. The number of benzene rings is 2. The van der Waals surface area contributed by atoms with Crippen molar-refractivity contribution in [2.45, 2.75) is 89.9 Å². The Morgan fingerprint density at radius 2 is 1.70 bits per heavy atom. The fourth-order valence-corrected chi connectivity index (χ4v) is 8.33. The number of rotatable bonds is 5. The molecular weight excluding hydrogens is 606 g/mol. The molecule has 246 valence electrons. The first-order valence-corrected chi connectivity index (χ1v) is 17.2. The Morgan fingerprint density at radius 1 is 0.978 bits per heavy atom. The fraction of sp³-hybridized carbons (Fsp3) is 0.500. The van der Waals surface area contributed by atoms with Gasteiger partial charge in [0.2, 0.25) is 5.91 Å². The Kier molecular flexibility index (Phi) is 9.11. The minimum absolute atomic E-state index is 0.00436. The zero-order valence-electron chi connectivity index (χ0n) is 26.8. The van der Waals surface area contributed by atoms with E-state index >= 15 is 0 Å². The van der Waals surface area contributed by atoms with Crippen LogP contribution >= 0.6 is 0 Å². The molecule has 12 heteroatoms. The number of carbonyl (C=O) groups excluding carboxylic acids is 3. The van der Waals surface area contributed by atoms with Gasteiger partial charge in [-0.3, -0.25) is 18.5 Å². The maximum absolute atomic E-state index is 13.8. The molecule has 2 aromatic carbocycles. The second-order valence-electron chi connectivity index (χ2n) is 13.0. The van der Waals surface area contributed by atoms with E-state index in [4.69, 9.17) is 4.74 Å². The molecule has 0 bridgehead atoms. The van der Waals surface area contributed by atoms with Gasteiger partial charge in [0.15, 0.2) is 0 Å². The number of ether oxygens (including phenoxy) is 1. The minimum Gasteiger partial charge on any atom is -0.755 e. The molecule has 2 fully saturated rings. The van der Waals surface area contributed by atoms with Crippen LogP contribution in [0.3, 0.4) is 0 Å². The van der Waals surface area contributed by atoms with E-state index in [9.17, 15) is 23.1 Å². The van der Waals surface area contributed by atoms with Crippen LogP contribution in [0.25, 0.3) is 22.2 Å². The number of methoxy groups -OCH3 is 1. The van der Waals surface area contributed by atoms with Gasteiger partial charge in [0, 0.05) is 71.9 Å². The average Bonchev–Trinajstić information content (AvgIpc) is 3.24. The quantitative estimate of drug-likeness (QED) is 0.392. The molecule has 1 saturated carbocycles. The molecule has 2 N–H and O–H groups in total. The molecule has 0 spiro atoms. The molecule has 2 aliphatic heterocycles. The summed E-state index contributed by atoms with van der Waals surface area (Å²) in [5, 5.41) is 4.35. The molecule has 11 nitrogen and oxygen atoms in total. The first kappa shape index (κ1) is 32.1. The number of hydrogen-bond donors (Lipinski definition) is 2. The monoisotopic (exact) mass is 648 g/mol. The van der Waals surface area contributed by atoms with Crippen molar-refractivity contribution < 1.29 is 27.9 Å². The number of fused-ring (bicyclic) bond motifs is 5. The van der Waals surface area contributed by atoms with Crippen molar-refractivity contribution in [3.05, 3.63) is 53.1 Å². The Morgan fingerprint density at radius 3 is 2.35 bits per heavy atom. The number of nitrogens with zero attached hydrogens (tertiary/aromatic N) is 3. The second kappa shape index (κ2) is 13.1. The second-order valence-corrected chi connectivity index (χ2v) is 13.7. The van der Waals surface area contributed by atoms with Crippen molar-refractivity contribution in [3.63, 3.8) is 0 Å². The van der Waals surface area contributed by atoms with Crippen LogP contribution in [-0.2, 0) is 29.0 Å². The third kappa shape index (κ3) is 6.12. The van der Waals surface area contributed by atoms with Crippen LogP contribution in [0.2, 0.25) is 0 Å². The van der Waals surface area contributed by atoms with Crippen molar-refractivity contribution in [2.75, 3.05) is 20.2 Å². The van der Waals surface area contributed by atoms with E-state index in [2.05, 4.69) is 16.0 Å². The van der Waals surface area contributed by atoms with Gasteiger partial charge in [-0.25, -0.2) is 4.79 Å². The smallest absolute Gasteiger partial charge is 0.317 e. The van der Waals surface area contributed by atoms with Crippen LogP contribution in [0.4, 0.5) is 4.79 Å². The van der Waals surface area contributed by atoms with Crippen molar-refractivity contribution in [2.24, 2.45) is 0 Å². The molecular formula is C34H42N5O6S-. The highest BCUT2D eigenvalue weighted by atomic mass is 32.2. The summed E-state index contributed by atoms with van der Waals surface area (Å²) in [5.74, 6) is 0.384. The molecule has 46 heavy (non-hydrogen) atoms. The van der Waals surface area contributed by atoms with Gasteiger partial charge in [-0.2, -0.15) is 0 Å². The predicted molar refractivity (Wildman–Crippen MR) is 175 cm³/mol. The Labute approximate surface area is 272 Å². The molecule has 1 aliphatic carbocycles. The van der Waals surface area contributed by atoms with Crippen molar-refractivity contribution in [1.82, 2.24) is 24.4 Å². The molecule has 2 unspecified atom stereocenters. The van der Waals surface area contributed by atoms with Gasteiger partial charge < -0.3 is 29.0 Å². The molecule has 4 atom stereocenters. The Bertz CT molecular complexity index is 1690. The number of piperazine rings is 1. The summed E-state index contributed by atoms with van der Waals surface area (Å²) in [5.41, 5.74) is 5.54. The van der Waals surface area contributed by atoms with E-state index in [1.165, 1.54) is 12.0 Å². The predicted octanol–water partition coefficient (Wildman–Crippen LogP) is 4.46. The fourth-order valence-electron chi connectivity index (χ4n) is 8.06. The molecule has 3 aliphatic rings. The highest BCUT2D eigenvalue weighted by molar-refractivity contribution is 7.77. The summed E-state index contributed by atoms with van der Waals surface area (Å²) in [6.45, 7) is 6.83. The summed E-state index contributed by atoms with van der Waals surface area (Å²) in [4.78, 5) is 42.5. The van der Waals surface area contributed by atoms with Crippen LogP contribution in [-0.4, -0.2) is 79.3 Å². The van der Waals surface area contributed by atoms with Gasteiger partial charge in [-0.05, 0) is 80.5 Å². The van der Waals surface area contributed by atoms with Gasteiger partial charge in [-0.15, -0.1) is 0 Å². The van der Waals surface area contributed by atoms with Crippen LogP contribution in [0.15, 0.2) is 36.4 Å². The molecule has 1 saturated heterocycles. The maximum atomic E-state index is 13.8. The highest BCUT2D eigenvalue weighted by Gasteiger charge is 2.36. The lowest BCUT2D eigenvalue weighted by Crippen LogP contribution is -2.61. The third-order valence-corrected chi connectivity index (χ3v) is 10.2. The lowest BCUT2D eigenvalue weighted by molar-refractivity contribution is -0.135. The van der Waals surface area contributed by atoms with Crippen molar-refractivity contribution in [3.8, 4) is 17.0 Å². The van der Waals surface area contributed by atoms with E-state index in [1.54, 1.807) is 31.1 Å². The molecule has 3 heterocycles. The first-order chi connectivity index (χ1) is 22.0. The number of amides is 4. The van der Waals surface area contributed by atoms with Gasteiger partial charge in [-0.1, -0.05) is 25.3 Å². The SMILES string of the molecule is COc1ccc2c(c1)CC(NC(=O)N1C[C@@H](C)N(C(C)=O)[C@@H](C)C1)Cn1c-2c(C2CCCCC2)c2ccc(C(=O)NS(=O)[O-])cc21. The van der Waals surface area contributed by atoms with E-state index in [0.717, 1.165) is 59.2 Å². The largest absolute Gasteiger partial charge is 0.755 e. The number of urea groups is 1. The molecule has 3 aromatic rings. The lowest BCUT2D eigenvalue weighted by Gasteiger charge is -2.44. The van der Waals surface area contributed by atoms with Crippen molar-refractivity contribution in [1.29, 1.82) is 0 Å². The van der Waals surface area contributed by atoms with E-state index in [-0.39, 0.29) is 35.6 Å². The summed E-state index contributed by atoms with van der Waals surface area (Å²) in [6, 6.07) is 10.8. The average molecular weight is 649 g/mol. The number of hydrogen-bond acceptors (Lipinski definition) is 6. The van der Waals surface area contributed by atoms with Crippen LogP contribution in [0.1, 0.15) is 80.3 Å². The van der Waals surface area contributed by atoms with E-state index < -0.39 is 17.2 Å². The highest BCUT2D eigenvalue weighted by Crippen LogP contribution is 2.46. The Hall–Kier alpha value is -3.90. The molecule has 6 rings (SSSR count). The topological polar surface area (TPSA) is 136 Å². The maximum Gasteiger partial charge on any atom is 0.317 e. The standard InChI is InChI=1S/C34H43N5O6S/c1-20-17-37(18-21(2)39(20)22(3)40)34(42)35-26-14-25-15-27(45-4)11-13-28(25)32-31(23-8-6-5-7-9-23)29-12-10-24(33(41)36-46(43)44)16-30(29)38(32)19-26/h10-13,15-16,20-21,23,26H,5-9,14,17-19H2,1-4H3,(H,35,42)(H,36,41)(H,43,44)/p-1/t20-,21+,26?. The summed E-state index contributed by atoms with van der Waals surface area (Å²) < 4.78 is 32.4. The number of aromatic nitrogens is 1. The van der Waals surface area contributed by atoms with Gasteiger partial charge in [0.1, 0.15) is 5.75 Å². The number of carbonyl (C=O) groups is 3. The van der Waals surface area contributed by atoms with E-state index in [0.29, 0.717) is 32.0 Å². The normalized spacial score (nSPS) is 22.4. The van der Waals surface area contributed by atoms with Crippen LogP contribution in [0, 0.1) is 0 Å². The van der Waals surface area contributed by atoms with Crippen LogP contribution < -0.4 is 14.8 Å². The van der Waals surface area contributed by atoms with E-state index in [1.807, 2.05) is 41.7 Å². The first-order valence-electron chi connectivity index (χ1n) is 16.1. The molecule has 1 aromatic heterocycles. The van der Waals surface area contributed by atoms with Crippen LogP contribution in [0.5, 0.6) is 5.75 Å². The lowest BCUT2D eigenvalue weighted by atomic mass is 9.81. The Balaban J connectivity index is 1.44.